The van der Waals surface area contributed by atoms with Crippen LogP contribution in [0.4, 0.5) is 0 Å². The van der Waals surface area contributed by atoms with Crippen molar-refractivity contribution in [2.75, 3.05) is 13.2 Å². The number of aliphatic hydroxyl groups excluding tert-OH is 1. The summed E-state index contributed by atoms with van der Waals surface area (Å²) in [4.78, 5) is 41.8. The van der Waals surface area contributed by atoms with E-state index in [-0.39, 0.29) is 19.4 Å². The van der Waals surface area contributed by atoms with Crippen LogP contribution in [-0.2, 0) is 32.1 Å². The Labute approximate surface area is 219 Å². The minimum atomic E-state index is -1.33. The summed E-state index contributed by atoms with van der Waals surface area (Å²) in [7, 11) is 0. The minimum Gasteiger partial charge on any atom is -0.489 e. The summed E-state index contributed by atoms with van der Waals surface area (Å²) in [5.41, 5.74) is 3.99. The van der Waals surface area contributed by atoms with E-state index < -0.39 is 41.8 Å². The van der Waals surface area contributed by atoms with E-state index in [2.05, 4.69) is 10.3 Å². The topological polar surface area (TPSA) is 147 Å². The van der Waals surface area contributed by atoms with Crippen LogP contribution in [0.15, 0.2) is 54.6 Å². The van der Waals surface area contributed by atoms with E-state index >= 15 is 0 Å². The van der Waals surface area contributed by atoms with Crippen LogP contribution in [0.25, 0.3) is 10.9 Å². The highest BCUT2D eigenvalue weighted by molar-refractivity contribution is 5.96. The van der Waals surface area contributed by atoms with Crippen molar-refractivity contribution in [2.24, 2.45) is 11.3 Å². The standard InChI is InChI=1S/C28H31N3O7/c1-3-37-27(35)28(14-22(28)25(33)30-24(15-32)26(34)31-36)13-18-8-10-20(11-9-18)38-16-19-12-17(2)29-23-7-5-4-6-21(19)23/h4-12,22,24,32,36H,3,13-16H2,1-2H3,(H,30,33)(H,31,34). The number of hydroxylamine groups is 1. The van der Waals surface area contributed by atoms with E-state index in [1.807, 2.05) is 61.5 Å². The molecular formula is C28H31N3O7. The third kappa shape index (κ3) is 5.76. The molecule has 2 amide bonds. The summed E-state index contributed by atoms with van der Waals surface area (Å²) in [6, 6.07) is 15.9. The lowest BCUT2D eigenvalue weighted by Crippen LogP contribution is -2.49. The number of rotatable bonds is 11. The first-order chi connectivity index (χ1) is 18.3. The van der Waals surface area contributed by atoms with Gasteiger partial charge in [0.25, 0.3) is 5.91 Å². The number of aliphatic hydroxyl groups is 1. The molecule has 0 spiro atoms. The molecule has 1 heterocycles. The minimum absolute atomic E-state index is 0.164. The van der Waals surface area contributed by atoms with Gasteiger partial charge in [0.05, 0.1) is 30.1 Å². The molecule has 1 fully saturated rings. The number of carbonyl (C=O) groups is 3. The molecule has 3 aromatic rings. The molecule has 1 saturated carbocycles. The highest BCUT2D eigenvalue weighted by Crippen LogP contribution is 2.56. The van der Waals surface area contributed by atoms with Gasteiger partial charge in [-0.15, -0.1) is 0 Å². The number of pyridine rings is 1. The average molecular weight is 522 g/mol. The molecule has 1 aliphatic rings. The van der Waals surface area contributed by atoms with Crippen molar-refractivity contribution in [3.8, 4) is 5.75 Å². The average Bonchev–Trinajstić information content (AvgIpc) is 3.66. The fraction of sp³-hybridized carbons (Fsp3) is 0.357. The number of benzene rings is 2. The largest absolute Gasteiger partial charge is 0.489 e. The number of para-hydroxylation sites is 1. The molecule has 38 heavy (non-hydrogen) atoms. The molecule has 0 saturated heterocycles. The Kier molecular flexibility index (Phi) is 8.23. The Hall–Kier alpha value is -4.02. The van der Waals surface area contributed by atoms with Crippen LogP contribution >= 0.6 is 0 Å². The van der Waals surface area contributed by atoms with Crippen LogP contribution < -0.4 is 15.5 Å². The van der Waals surface area contributed by atoms with Crippen LogP contribution in [0.1, 0.15) is 30.2 Å². The molecule has 3 unspecified atom stereocenters. The van der Waals surface area contributed by atoms with Gasteiger partial charge in [0.15, 0.2) is 0 Å². The van der Waals surface area contributed by atoms with E-state index in [0.29, 0.717) is 12.4 Å². The number of amides is 2. The molecule has 0 bridgehead atoms. The predicted molar refractivity (Wildman–Crippen MR) is 137 cm³/mol. The summed E-state index contributed by atoms with van der Waals surface area (Å²) in [5, 5.41) is 21.6. The monoisotopic (exact) mass is 521 g/mol. The van der Waals surface area contributed by atoms with Gasteiger partial charge in [-0.2, -0.15) is 0 Å². The number of esters is 1. The fourth-order valence-electron chi connectivity index (χ4n) is 4.70. The number of hydrogen-bond acceptors (Lipinski definition) is 8. The first-order valence-corrected chi connectivity index (χ1v) is 12.4. The zero-order chi connectivity index (χ0) is 27.3. The highest BCUT2D eigenvalue weighted by atomic mass is 16.5. The Balaban J connectivity index is 1.44. The first-order valence-electron chi connectivity index (χ1n) is 12.4. The van der Waals surface area contributed by atoms with Crippen molar-refractivity contribution in [3.05, 3.63) is 71.4 Å². The zero-order valence-corrected chi connectivity index (χ0v) is 21.3. The molecule has 1 aromatic heterocycles. The Morgan fingerprint density at radius 1 is 1.16 bits per heavy atom. The number of ether oxygens (including phenoxy) is 2. The second-order valence-electron chi connectivity index (χ2n) is 9.40. The maximum Gasteiger partial charge on any atom is 0.313 e. The molecule has 10 heteroatoms. The van der Waals surface area contributed by atoms with Crippen LogP contribution in [0.3, 0.4) is 0 Å². The molecular weight excluding hydrogens is 490 g/mol. The summed E-state index contributed by atoms with van der Waals surface area (Å²) in [5.74, 6) is -2.09. The van der Waals surface area contributed by atoms with Crippen LogP contribution in [0, 0.1) is 18.3 Å². The van der Waals surface area contributed by atoms with Crippen molar-refractivity contribution < 1.29 is 34.2 Å². The van der Waals surface area contributed by atoms with Gasteiger partial charge in [-0.3, -0.25) is 24.6 Å². The second-order valence-corrected chi connectivity index (χ2v) is 9.40. The smallest absolute Gasteiger partial charge is 0.313 e. The van der Waals surface area contributed by atoms with E-state index in [1.54, 1.807) is 6.92 Å². The Morgan fingerprint density at radius 2 is 1.89 bits per heavy atom. The molecule has 4 rings (SSSR count). The Bertz CT molecular complexity index is 1330. The van der Waals surface area contributed by atoms with E-state index in [9.17, 15) is 19.5 Å². The zero-order valence-electron chi connectivity index (χ0n) is 21.3. The summed E-state index contributed by atoms with van der Waals surface area (Å²) in [6.45, 7) is 3.47. The number of nitrogens with one attached hydrogen (secondary N) is 2. The van der Waals surface area contributed by atoms with Gasteiger partial charge in [-0.25, -0.2) is 5.48 Å². The van der Waals surface area contributed by atoms with Crippen molar-refractivity contribution in [1.82, 2.24) is 15.8 Å². The van der Waals surface area contributed by atoms with Gasteiger partial charge in [0, 0.05) is 16.6 Å². The molecule has 200 valence electrons. The molecule has 0 aliphatic heterocycles. The second kappa shape index (κ2) is 11.6. The normalized spacial score (nSPS) is 18.9. The van der Waals surface area contributed by atoms with Crippen molar-refractivity contribution in [1.29, 1.82) is 0 Å². The summed E-state index contributed by atoms with van der Waals surface area (Å²) < 4.78 is 11.3. The number of fused-ring (bicyclic) bond motifs is 1. The lowest BCUT2D eigenvalue weighted by atomic mass is 9.93. The number of aromatic nitrogens is 1. The molecule has 2 aromatic carbocycles. The molecule has 1 aliphatic carbocycles. The molecule has 10 nitrogen and oxygen atoms in total. The van der Waals surface area contributed by atoms with Crippen LogP contribution in [-0.4, -0.2) is 52.3 Å². The van der Waals surface area contributed by atoms with E-state index in [4.69, 9.17) is 14.7 Å². The fourth-order valence-corrected chi connectivity index (χ4v) is 4.70. The maximum absolute atomic E-state index is 12.9. The van der Waals surface area contributed by atoms with Crippen LogP contribution in [0.5, 0.6) is 5.75 Å². The summed E-state index contributed by atoms with van der Waals surface area (Å²) >= 11 is 0. The lowest BCUT2D eigenvalue weighted by Gasteiger charge is -2.18. The number of hydrogen-bond donors (Lipinski definition) is 4. The highest BCUT2D eigenvalue weighted by Gasteiger charge is 2.64. The number of aryl methyl sites for hydroxylation is 1. The maximum atomic E-state index is 12.9. The van der Waals surface area contributed by atoms with Gasteiger partial charge >= 0.3 is 5.97 Å². The lowest BCUT2D eigenvalue weighted by molar-refractivity contribution is -0.151. The van der Waals surface area contributed by atoms with Gasteiger partial charge < -0.3 is 19.9 Å². The van der Waals surface area contributed by atoms with Crippen molar-refractivity contribution in [2.45, 2.75) is 39.3 Å². The number of nitrogens with zero attached hydrogens (tertiary/aromatic N) is 1. The van der Waals surface area contributed by atoms with Crippen LogP contribution in [0.2, 0.25) is 0 Å². The number of carbonyl (C=O) groups excluding carboxylic acids is 3. The predicted octanol–water partition coefficient (Wildman–Crippen LogP) is 2.22. The van der Waals surface area contributed by atoms with E-state index in [1.165, 1.54) is 5.48 Å². The summed E-state index contributed by atoms with van der Waals surface area (Å²) in [6.07, 6.45) is 0.498. The third-order valence-corrected chi connectivity index (χ3v) is 6.77. The van der Waals surface area contributed by atoms with Crippen molar-refractivity contribution >= 4 is 28.7 Å². The van der Waals surface area contributed by atoms with Gasteiger partial charge in [-0.05, 0) is 56.5 Å². The van der Waals surface area contributed by atoms with Crippen molar-refractivity contribution in [3.63, 3.8) is 0 Å². The first kappa shape index (κ1) is 27.0. The van der Waals surface area contributed by atoms with Gasteiger partial charge in [0.1, 0.15) is 18.4 Å². The SMILES string of the molecule is CCOC(=O)C1(Cc2ccc(OCc3cc(C)nc4ccccc34)cc2)CC1C(=O)NC(CO)C(=O)NO. The van der Waals surface area contributed by atoms with E-state index in [0.717, 1.165) is 27.7 Å². The third-order valence-electron chi connectivity index (χ3n) is 6.77. The Morgan fingerprint density at radius 3 is 2.58 bits per heavy atom. The van der Waals surface area contributed by atoms with Gasteiger partial charge in [0.2, 0.25) is 5.91 Å². The van der Waals surface area contributed by atoms with Gasteiger partial charge in [-0.1, -0.05) is 30.3 Å². The quantitative estimate of drug-likeness (QED) is 0.171. The molecule has 3 atom stereocenters. The molecule has 4 N–H and O–H groups in total. The molecule has 0 radical (unpaired) electrons.